The molecule has 0 aliphatic carbocycles. The summed E-state index contributed by atoms with van der Waals surface area (Å²) in [5.41, 5.74) is 5.88. The van der Waals surface area contributed by atoms with Gasteiger partial charge in [-0.3, -0.25) is 4.79 Å². The highest BCUT2D eigenvalue weighted by molar-refractivity contribution is 5.85. The Bertz CT molecular complexity index is 533. The highest BCUT2D eigenvalue weighted by Crippen LogP contribution is 2.29. The third-order valence-corrected chi connectivity index (χ3v) is 3.86. The zero-order valence-corrected chi connectivity index (χ0v) is 13.1. The molecule has 6 nitrogen and oxygen atoms in total. The third kappa shape index (κ3) is 3.52. The van der Waals surface area contributed by atoms with Crippen molar-refractivity contribution in [3.8, 4) is 0 Å². The van der Waals surface area contributed by atoms with Gasteiger partial charge in [-0.25, -0.2) is 0 Å². The van der Waals surface area contributed by atoms with E-state index in [0.29, 0.717) is 0 Å². The highest BCUT2D eigenvalue weighted by atomic mass is 35.5. The molecular formula is C12H19ClF3N5O. The monoisotopic (exact) mass is 341 g/mol. The number of carbonyl (C=O) groups is 1. The average molecular weight is 342 g/mol. The van der Waals surface area contributed by atoms with Crippen molar-refractivity contribution in [3.63, 3.8) is 0 Å². The molecule has 0 saturated heterocycles. The molecule has 1 aliphatic heterocycles. The van der Waals surface area contributed by atoms with Crippen LogP contribution in [0.25, 0.3) is 0 Å². The van der Waals surface area contributed by atoms with Crippen LogP contribution in [0.5, 0.6) is 0 Å². The molecule has 1 aliphatic rings. The molecule has 0 spiro atoms. The van der Waals surface area contributed by atoms with E-state index >= 15 is 0 Å². The van der Waals surface area contributed by atoms with Crippen LogP contribution in [0.1, 0.15) is 31.9 Å². The van der Waals surface area contributed by atoms with E-state index in [1.54, 1.807) is 0 Å². The quantitative estimate of drug-likeness (QED) is 0.902. The SMILES string of the molecule is CCC(C)C(N)C(=O)N1CCn2c(nnc2C(F)(F)F)C1.Cl. The molecule has 1 aromatic heterocycles. The number of hydrogen-bond donors (Lipinski definition) is 1. The fourth-order valence-corrected chi connectivity index (χ4v) is 2.26. The van der Waals surface area contributed by atoms with Gasteiger partial charge in [0.15, 0.2) is 5.82 Å². The van der Waals surface area contributed by atoms with Crippen LogP contribution in [-0.2, 0) is 24.1 Å². The Balaban J connectivity index is 0.00000242. The van der Waals surface area contributed by atoms with E-state index in [2.05, 4.69) is 10.2 Å². The number of rotatable bonds is 3. The van der Waals surface area contributed by atoms with E-state index in [1.165, 1.54) is 4.90 Å². The Morgan fingerprint density at radius 1 is 1.36 bits per heavy atom. The lowest BCUT2D eigenvalue weighted by molar-refractivity contribution is -0.148. The standard InChI is InChI=1S/C12H18F3N5O.ClH/c1-3-7(2)9(16)10(21)19-4-5-20-8(6-19)17-18-11(20)12(13,14)15;/h7,9H,3-6,16H2,1-2H3;1H. The van der Waals surface area contributed by atoms with Gasteiger partial charge in [-0.2, -0.15) is 13.2 Å². The van der Waals surface area contributed by atoms with Gasteiger partial charge in [0.1, 0.15) is 0 Å². The molecule has 0 saturated carbocycles. The molecule has 10 heteroatoms. The lowest BCUT2D eigenvalue weighted by atomic mass is 9.98. The van der Waals surface area contributed by atoms with Gasteiger partial charge in [0, 0.05) is 13.1 Å². The zero-order chi connectivity index (χ0) is 15.8. The van der Waals surface area contributed by atoms with Crippen LogP contribution >= 0.6 is 12.4 Å². The van der Waals surface area contributed by atoms with Crippen LogP contribution in [0.3, 0.4) is 0 Å². The first-order chi connectivity index (χ1) is 9.75. The van der Waals surface area contributed by atoms with Gasteiger partial charge < -0.3 is 15.2 Å². The number of nitrogens with two attached hydrogens (primary N) is 1. The topological polar surface area (TPSA) is 77.0 Å². The molecule has 0 bridgehead atoms. The molecule has 22 heavy (non-hydrogen) atoms. The molecule has 2 unspecified atom stereocenters. The minimum absolute atomic E-state index is 0. The number of amides is 1. The second kappa shape index (κ2) is 6.82. The first-order valence-electron chi connectivity index (χ1n) is 6.79. The van der Waals surface area contributed by atoms with Gasteiger partial charge >= 0.3 is 6.18 Å². The van der Waals surface area contributed by atoms with Gasteiger partial charge in [-0.05, 0) is 5.92 Å². The molecule has 2 N–H and O–H groups in total. The van der Waals surface area contributed by atoms with Crippen molar-refractivity contribution in [1.29, 1.82) is 0 Å². The van der Waals surface area contributed by atoms with Gasteiger partial charge in [0.2, 0.25) is 11.7 Å². The smallest absolute Gasteiger partial charge is 0.332 e. The second-order valence-electron chi connectivity index (χ2n) is 5.26. The normalized spacial score (nSPS) is 17.5. The van der Waals surface area contributed by atoms with E-state index in [1.807, 2.05) is 13.8 Å². The van der Waals surface area contributed by atoms with Crippen molar-refractivity contribution in [2.75, 3.05) is 6.54 Å². The van der Waals surface area contributed by atoms with Crippen LogP contribution in [0.2, 0.25) is 0 Å². The van der Waals surface area contributed by atoms with Gasteiger partial charge in [-0.15, -0.1) is 22.6 Å². The largest absolute Gasteiger partial charge is 0.451 e. The highest BCUT2D eigenvalue weighted by Gasteiger charge is 2.40. The number of nitrogens with zero attached hydrogens (tertiary/aromatic N) is 4. The van der Waals surface area contributed by atoms with Crippen molar-refractivity contribution >= 4 is 18.3 Å². The number of carbonyl (C=O) groups excluding carboxylic acids is 1. The average Bonchev–Trinajstić information content (AvgIpc) is 2.87. The summed E-state index contributed by atoms with van der Waals surface area (Å²) in [6.45, 7) is 4.01. The van der Waals surface area contributed by atoms with E-state index in [0.717, 1.165) is 11.0 Å². The van der Waals surface area contributed by atoms with Gasteiger partial charge in [0.05, 0.1) is 12.6 Å². The molecule has 0 fully saturated rings. The fraction of sp³-hybridized carbons (Fsp3) is 0.750. The molecule has 2 heterocycles. The third-order valence-electron chi connectivity index (χ3n) is 3.86. The lowest BCUT2D eigenvalue weighted by Gasteiger charge is -2.31. The summed E-state index contributed by atoms with van der Waals surface area (Å²) in [4.78, 5) is 13.7. The molecule has 0 aromatic carbocycles. The summed E-state index contributed by atoms with van der Waals surface area (Å²) in [6.07, 6.45) is -3.78. The van der Waals surface area contributed by atoms with Crippen molar-refractivity contribution in [3.05, 3.63) is 11.6 Å². The molecular weight excluding hydrogens is 323 g/mol. The molecule has 1 aromatic rings. The summed E-state index contributed by atoms with van der Waals surface area (Å²) in [6, 6.07) is -0.647. The summed E-state index contributed by atoms with van der Waals surface area (Å²) in [5.74, 6) is -1.12. The van der Waals surface area contributed by atoms with Crippen LogP contribution in [-0.4, -0.2) is 38.2 Å². The van der Waals surface area contributed by atoms with Gasteiger partial charge in [0.25, 0.3) is 0 Å². The number of hydrogen-bond acceptors (Lipinski definition) is 4. The first kappa shape index (κ1) is 18.7. The molecule has 1 amide bonds. The van der Waals surface area contributed by atoms with Crippen LogP contribution in [0.4, 0.5) is 13.2 Å². The van der Waals surface area contributed by atoms with E-state index in [-0.39, 0.29) is 49.7 Å². The van der Waals surface area contributed by atoms with E-state index < -0.39 is 18.0 Å². The minimum atomic E-state index is -4.54. The van der Waals surface area contributed by atoms with Crippen molar-refractivity contribution in [2.24, 2.45) is 11.7 Å². The van der Waals surface area contributed by atoms with E-state index in [9.17, 15) is 18.0 Å². The maximum Gasteiger partial charge on any atom is 0.451 e. The second-order valence-corrected chi connectivity index (χ2v) is 5.26. The van der Waals surface area contributed by atoms with Gasteiger partial charge in [-0.1, -0.05) is 20.3 Å². The van der Waals surface area contributed by atoms with Crippen molar-refractivity contribution in [2.45, 2.75) is 45.6 Å². The number of halogens is 4. The minimum Gasteiger partial charge on any atom is -0.332 e. The lowest BCUT2D eigenvalue weighted by Crippen LogP contribution is -2.49. The van der Waals surface area contributed by atoms with Crippen LogP contribution in [0, 0.1) is 5.92 Å². The molecule has 2 atom stereocenters. The predicted molar refractivity (Wildman–Crippen MR) is 75.1 cm³/mol. The summed E-state index contributed by atoms with van der Waals surface area (Å²) in [5, 5.41) is 6.72. The Labute approximate surface area is 132 Å². The molecule has 0 radical (unpaired) electrons. The summed E-state index contributed by atoms with van der Waals surface area (Å²) < 4.78 is 39.2. The maximum atomic E-state index is 12.7. The van der Waals surface area contributed by atoms with Crippen LogP contribution in [0.15, 0.2) is 0 Å². The summed E-state index contributed by atoms with van der Waals surface area (Å²) in [7, 11) is 0. The number of alkyl halides is 3. The Morgan fingerprint density at radius 2 is 2.00 bits per heavy atom. The van der Waals surface area contributed by atoms with Crippen LogP contribution < -0.4 is 5.73 Å². The Morgan fingerprint density at radius 3 is 2.55 bits per heavy atom. The fourth-order valence-electron chi connectivity index (χ4n) is 2.26. The predicted octanol–water partition coefficient (Wildman–Crippen LogP) is 1.43. The maximum absolute atomic E-state index is 12.7. The van der Waals surface area contributed by atoms with Crippen molar-refractivity contribution in [1.82, 2.24) is 19.7 Å². The zero-order valence-electron chi connectivity index (χ0n) is 12.3. The molecule has 2 rings (SSSR count). The van der Waals surface area contributed by atoms with E-state index in [4.69, 9.17) is 5.73 Å². The number of fused-ring (bicyclic) bond motifs is 1. The molecule has 126 valence electrons. The number of aromatic nitrogens is 3. The summed E-state index contributed by atoms with van der Waals surface area (Å²) >= 11 is 0. The Kier molecular flexibility index (Phi) is 5.80. The first-order valence-corrected chi connectivity index (χ1v) is 6.79. The van der Waals surface area contributed by atoms with Crippen molar-refractivity contribution < 1.29 is 18.0 Å². The Hall–Kier alpha value is -1.35.